The largest absolute Gasteiger partial charge is 0.390 e. The van der Waals surface area contributed by atoms with Crippen LogP contribution < -0.4 is 0 Å². The Morgan fingerprint density at radius 1 is 0.556 bits per heavy atom. The summed E-state index contributed by atoms with van der Waals surface area (Å²) < 4.78 is 0. The van der Waals surface area contributed by atoms with Crippen LogP contribution in [0.4, 0.5) is 0 Å². The minimum Gasteiger partial charge on any atom is -0.390 e. The number of fused-ring (bicyclic) bond motifs is 6. The van der Waals surface area contributed by atoms with Crippen molar-refractivity contribution in [1.82, 2.24) is 0 Å². The van der Waals surface area contributed by atoms with E-state index >= 15 is 0 Å². The second-order valence-electron chi connectivity index (χ2n) is 20.6. The van der Waals surface area contributed by atoms with Gasteiger partial charge in [-0.05, 0) is 205 Å². The van der Waals surface area contributed by atoms with Crippen LogP contribution >= 0.6 is 0 Å². The lowest BCUT2D eigenvalue weighted by atomic mass is 9.49. The summed E-state index contributed by atoms with van der Waals surface area (Å²) in [6, 6.07) is 0. The number of allylic oxidation sites excluding steroid dienone is 2. The minimum atomic E-state index is -0.417. The first-order chi connectivity index (χ1) is 21.2. The first kappa shape index (κ1) is 30.4. The average Bonchev–Trinajstić information content (AvgIpc) is 3.77. The molecule has 0 aliphatic heterocycles. The molecule has 250 valence electrons. The van der Waals surface area contributed by atoms with Crippen molar-refractivity contribution in [2.24, 2.45) is 68.0 Å². The third-order valence-electron chi connectivity index (χ3n) is 18.9. The van der Waals surface area contributed by atoms with E-state index in [1.54, 1.807) is 5.57 Å². The summed E-state index contributed by atoms with van der Waals surface area (Å²) >= 11 is 0. The lowest BCUT2D eigenvalue weighted by Gasteiger charge is -2.56. The molecule has 0 saturated heterocycles. The van der Waals surface area contributed by atoms with Gasteiger partial charge < -0.3 is 10.2 Å². The maximum atomic E-state index is 12.4. The lowest BCUT2D eigenvalue weighted by Crippen LogP contribution is -2.50. The number of ketones is 1. The standard InChI is InChI=1S/C22H34O.C20H30O2/c1-4-15-5-6-17-16-7-10-21-13-19(2,23)11-12-22(21,14-21)18(16)8-9-20(15,17)3;1-17(22)9-10-20-12-19(20,11-17)8-5-13-14-3-4-16(21)18(14,2)7-6-15(13)20/h4,16-18,23H,5-14H2,1-3H3;13-15,22H,3-12H2,1-2H3/t16-,17-,18-,19+,20+,21+,22-;13-,14-,15-,17+,18-,19+,20-/m00/s1. The average molecular weight is 617 g/mol. The molecule has 10 aliphatic carbocycles. The van der Waals surface area contributed by atoms with E-state index in [0.29, 0.717) is 38.8 Å². The molecule has 0 amide bonds. The SMILES string of the molecule is CC=C1CC[C@H]2[C@@H]3CC[C@]45C[C@](C)(O)CC[C@]4(C5)[C@H]3CC[C@]12C.C[C@@]1(O)CC[C@@]23C[C@@]2(CC[C@@H]2[C@@H]3CC[C@]3(C)C(=O)CC[C@@H]23)C1. The monoisotopic (exact) mass is 616 g/mol. The Hall–Kier alpha value is -0.670. The van der Waals surface area contributed by atoms with Gasteiger partial charge in [-0.1, -0.05) is 25.5 Å². The van der Waals surface area contributed by atoms with Crippen molar-refractivity contribution >= 4 is 5.78 Å². The maximum Gasteiger partial charge on any atom is 0.139 e. The van der Waals surface area contributed by atoms with E-state index in [4.69, 9.17) is 0 Å². The smallest absolute Gasteiger partial charge is 0.139 e. The summed E-state index contributed by atoms with van der Waals surface area (Å²) in [5, 5.41) is 21.2. The molecule has 3 nitrogen and oxygen atoms in total. The van der Waals surface area contributed by atoms with Crippen LogP contribution in [0.25, 0.3) is 0 Å². The van der Waals surface area contributed by atoms with Gasteiger partial charge in [0.1, 0.15) is 5.78 Å². The highest BCUT2D eigenvalue weighted by Gasteiger charge is 2.78. The molecule has 0 aromatic heterocycles. The summed E-state index contributed by atoms with van der Waals surface area (Å²) in [6.45, 7) is 11.3. The molecule has 0 bridgehead atoms. The number of aliphatic hydroxyl groups is 2. The summed E-state index contributed by atoms with van der Waals surface area (Å²) in [6.07, 6.45) is 27.8. The molecule has 10 aliphatic rings. The third-order valence-corrected chi connectivity index (χ3v) is 18.9. The van der Waals surface area contributed by atoms with Gasteiger partial charge in [-0.2, -0.15) is 0 Å². The zero-order chi connectivity index (χ0) is 31.5. The minimum absolute atomic E-state index is 0.0207. The number of carbonyl (C=O) groups is 1. The first-order valence-corrected chi connectivity index (χ1v) is 19.8. The van der Waals surface area contributed by atoms with Crippen molar-refractivity contribution in [3.05, 3.63) is 11.6 Å². The van der Waals surface area contributed by atoms with Gasteiger partial charge in [0.05, 0.1) is 11.2 Å². The van der Waals surface area contributed by atoms with Gasteiger partial charge in [0.25, 0.3) is 0 Å². The van der Waals surface area contributed by atoms with E-state index in [0.717, 1.165) is 74.5 Å². The molecule has 3 heteroatoms. The van der Waals surface area contributed by atoms with Crippen molar-refractivity contribution in [3.8, 4) is 0 Å². The van der Waals surface area contributed by atoms with Gasteiger partial charge in [-0.15, -0.1) is 0 Å². The molecule has 0 radical (unpaired) electrons. The Morgan fingerprint density at radius 2 is 1.04 bits per heavy atom. The van der Waals surface area contributed by atoms with Crippen molar-refractivity contribution in [1.29, 1.82) is 0 Å². The van der Waals surface area contributed by atoms with Crippen molar-refractivity contribution < 1.29 is 15.0 Å². The molecule has 0 unspecified atom stereocenters. The van der Waals surface area contributed by atoms with Crippen LogP contribution in [0, 0.1) is 68.0 Å². The van der Waals surface area contributed by atoms with Gasteiger partial charge in [0.2, 0.25) is 0 Å². The Balaban J connectivity index is 0.000000125. The Morgan fingerprint density at radius 3 is 1.58 bits per heavy atom. The van der Waals surface area contributed by atoms with Gasteiger partial charge in [-0.25, -0.2) is 0 Å². The Bertz CT molecular complexity index is 1330. The van der Waals surface area contributed by atoms with E-state index in [9.17, 15) is 15.0 Å². The Kier molecular flexibility index (Phi) is 6.15. The summed E-state index contributed by atoms with van der Waals surface area (Å²) in [4.78, 5) is 12.4. The second kappa shape index (κ2) is 9.11. The maximum absolute atomic E-state index is 12.4. The van der Waals surface area contributed by atoms with Crippen LogP contribution in [-0.4, -0.2) is 27.2 Å². The predicted molar refractivity (Wildman–Crippen MR) is 179 cm³/mol. The fourth-order valence-electron chi connectivity index (χ4n) is 16.9. The van der Waals surface area contributed by atoms with E-state index < -0.39 is 5.60 Å². The van der Waals surface area contributed by atoms with Crippen LogP contribution in [0.2, 0.25) is 0 Å². The molecule has 0 heterocycles. The van der Waals surface area contributed by atoms with Gasteiger partial charge in [-0.3, -0.25) is 4.79 Å². The molecule has 10 fully saturated rings. The molecule has 0 aromatic rings. The van der Waals surface area contributed by atoms with Crippen LogP contribution in [0.5, 0.6) is 0 Å². The number of carbonyl (C=O) groups excluding carboxylic acids is 1. The fourth-order valence-corrected chi connectivity index (χ4v) is 16.9. The highest BCUT2D eigenvalue weighted by Crippen LogP contribution is 2.85. The third kappa shape index (κ3) is 3.81. The van der Waals surface area contributed by atoms with Crippen LogP contribution in [0.1, 0.15) is 163 Å². The van der Waals surface area contributed by atoms with Crippen molar-refractivity contribution in [2.45, 2.75) is 174 Å². The molecule has 14 atom stereocenters. The molecular formula is C42H64O3. The summed E-state index contributed by atoms with van der Waals surface area (Å²) in [5.41, 5.74) is 3.77. The number of Topliss-reactive ketones (excluding diaryl/α,β-unsaturated/α-hetero) is 1. The molecular weight excluding hydrogens is 552 g/mol. The Labute approximate surface area is 274 Å². The molecule has 0 spiro atoms. The number of hydrogen-bond acceptors (Lipinski definition) is 3. The summed E-state index contributed by atoms with van der Waals surface area (Å²) in [7, 11) is 0. The number of rotatable bonds is 0. The second-order valence-corrected chi connectivity index (χ2v) is 20.6. The van der Waals surface area contributed by atoms with Crippen molar-refractivity contribution in [2.75, 3.05) is 0 Å². The zero-order valence-corrected chi connectivity index (χ0v) is 29.5. The van der Waals surface area contributed by atoms with E-state index in [1.807, 2.05) is 0 Å². The first-order valence-electron chi connectivity index (χ1n) is 19.8. The molecule has 2 N–H and O–H groups in total. The van der Waals surface area contributed by atoms with Crippen LogP contribution in [-0.2, 0) is 4.79 Å². The van der Waals surface area contributed by atoms with E-state index in [2.05, 4.69) is 40.7 Å². The van der Waals surface area contributed by atoms with Crippen LogP contribution in [0.3, 0.4) is 0 Å². The highest BCUT2D eigenvalue weighted by atomic mass is 16.3. The van der Waals surface area contributed by atoms with Gasteiger partial charge in [0.15, 0.2) is 0 Å². The number of hydrogen-bond donors (Lipinski definition) is 2. The normalized spacial score (nSPS) is 62.5. The molecule has 10 rings (SSSR count). The van der Waals surface area contributed by atoms with Gasteiger partial charge >= 0.3 is 0 Å². The lowest BCUT2D eigenvalue weighted by molar-refractivity contribution is -0.135. The van der Waals surface area contributed by atoms with E-state index in [-0.39, 0.29) is 11.0 Å². The van der Waals surface area contributed by atoms with E-state index in [1.165, 1.54) is 83.5 Å². The topological polar surface area (TPSA) is 57.5 Å². The zero-order valence-electron chi connectivity index (χ0n) is 29.5. The molecule has 10 saturated carbocycles. The highest BCUT2D eigenvalue weighted by molar-refractivity contribution is 5.87. The predicted octanol–water partition coefficient (Wildman–Crippen LogP) is 9.58. The fraction of sp³-hybridized carbons (Fsp3) is 0.929. The van der Waals surface area contributed by atoms with Crippen LogP contribution in [0.15, 0.2) is 11.6 Å². The van der Waals surface area contributed by atoms with Crippen molar-refractivity contribution in [3.63, 3.8) is 0 Å². The van der Waals surface area contributed by atoms with Gasteiger partial charge in [0, 0.05) is 11.8 Å². The molecule has 0 aromatic carbocycles. The summed E-state index contributed by atoms with van der Waals surface area (Å²) in [5.74, 6) is 5.85. The molecule has 45 heavy (non-hydrogen) atoms. The quantitative estimate of drug-likeness (QED) is 0.267.